The van der Waals surface area contributed by atoms with Gasteiger partial charge in [0.15, 0.2) is 5.65 Å². The van der Waals surface area contributed by atoms with Crippen LogP contribution in [0, 0.1) is 0 Å². The van der Waals surface area contributed by atoms with Crippen molar-refractivity contribution < 1.29 is 9.47 Å². The highest BCUT2D eigenvalue weighted by Crippen LogP contribution is 2.29. The van der Waals surface area contributed by atoms with Gasteiger partial charge < -0.3 is 19.3 Å². The van der Waals surface area contributed by atoms with Gasteiger partial charge in [-0.05, 0) is 24.1 Å². The lowest BCUT2D eigenvalue weighted by molar-refractivity contribution is 0.0937. The zero-order valence-corrected chi connectivity index (χ0v) is 19.1. The lowest BCUT2D eigenvalue weighted by Gasteiger charge is -2.37. The van der Waals surface area contributed by atoms with E-state index in [-0.39, 0.29) is 6.04 Å². The summed E-state index contributed by atoms with van der Waals surface area (Å²) in [5.41, 5.74) is 4.07. The van der Waals surface area contributed by atoms with Crippen LogP contribution < -0.4 is 9.80 Å². The number of hydrogen-bond donors (Lipinski definition) is 0. The summed E-state index contributed by atoms with van der Waals surface area (Å²) in [7, 11) is 0. The van der Waals surface area contributed by atoms with Crippen molar-refractivity contribution in [2.24, 2.45) is 0 Å². The molecule has 34 heavy (non-hydrogen) atoms. The molecule has 174 valence electrons. The minimum atomic E-state index is 0.228. The van der Waals surface area contributed by atoms with Crippen molar-refractivity contribution in [2.75, 3.05) is 55.9 Å². The highest BCUT2D eigenvalue weighted by Gasteiger charge is 2.27. The van der Waals surface area contributed by atoms with E-state index in [2.05, 4.69) is 57.2 Å². The standard InChI is InChI=1S/C26H28N6O2/c1-2-4-20(5-3-1)16-22-19-34-15-12-31(22)24-18-26(30-10-13-33-14-11-30)32-25(28-24)17-23(29-32)21-6-8-27-9-7-21/h1-9,17-18,22H,10-16,19H2. The summed E-state index contributed by atoms with van der Waals surface area (Å²) >= 11 is 0. The molecule has 0 bridgehead atoms. The predicted molar refractivity (Wildman–Crippen MR) is 131 cm³/mol. The van der Waals surface area contributed by atoms with E-state index in [4.69, 9.17) is 19.6 Å². The first-order chi connectivity index (χ1) is 16.8. The Hall–Kier alpha value is -3.49. The molecule has 3 aromatic heterocycles. The maximum atomic E-state index is 5.88. The number of aromatic nitrogens is 4. The van der Waals surface area contributed by atoms with Gasteiger partial charge in [0.05, 0.1) is 38.2 Å². The van der Waals surface area contributed by atoms with Crippen molar-refractivity contribution in [3.8, 4) is 11.3 Å². The maximum absolute atomic E-state index is 5.88. The largest absolute Gasteiger partial charge is 0.378 e. The molecule has 4 aromatic rings. The van der Waals surface area contributed by atoms with E-state index >= 15 is 0 Å². The third-order valence-corrected chi connectivity index (χ3v) is 6.54. The highest BCUT2D eigenvalue weighted by atomic mass is 16.5. The van der Waals surface area contributed by atoms with Crippen molar-refractivity contribution in [3.63, 3.8) is 0 Å². The molecule has 6 rings (SSSR count). The van der Waals surface area contributed by atoms with Gasteiger partial charge in [0.1, 0.15) is 11.6 Å². The number of nitrogens with zero attached hydrogens (tertiary/aromatic N) is 6. The lowest BCUT2D eigenvalue weighted by Crippen LogP contribution is -2.47. The molecule has 0 radical (unpaired) electrons. The van der Waals surface area contributed by atoms with E-state index < -0.39 is 0 Å². The van der Waals surface area contributed by atoms with Gasteiger partial charge in [-0.3, -0.25) is 4.98 Å². The molecular formula is C26H28N6O2. The molecular weight excluding hydrogens is 428 g/mol. The lowest BCUT2D eigenvalue weighted by atomic mass is 10.0. The summed E-state index contributed by atoms with van der Waals surface area (Å²) in [5, 5.41) is 4.93. The molecule has 5 heterocycles. The summed E-state index contributed by atoms with van der Waals surface area (Å²) < 4.78 is 13.5. The van der Waals surface area contributed by atoms with Gasteiger partial charge in [-0.1, -0.05) is 30.3 Å². The Labute approximate surface area is 198 Å². The summed E-state index contributed by atoms with van der Waals surface area (Å²) in [6, 6.07) is 19.0. The van der Waals surface area contributed by atoms with Crippen molar-refractivity contribution in [3.05, 3.63) is 72.6 Å². The van der Waals surface area contributed by atoms with E-state index in [0.717, 1.165) is 54.6 Å². The van der Waals surface area contributed by atoms with Crippen LogP contribution >= 0.6 is 0 Å². The number of hydrogen-bond acceptors (Lipinski definition) is 7. The normalized spacial score (nSPS) is 19.0. The molecule has 8 nitrogen and oxygen atoms in total. The number of morpholine rings is 2. The summed E-state index contributed by atoms with van der Waals surface area (Å²) in [6.45, 7) is 5.30. The van der Waals surface area contributed by atoms with Crippen LogP contribution in [-0.4, -0.2) is 71.7 Å². The van der Waals surface area contributed by atoms with Crippen molar-refractivity contribution in [1.29, 1.82) is 0 Å². The molecule has 2 fully saturated rings. The van der Waals surface area contributed by atoms with Crippen molar-refractivity contribution in [2.45, 2.75) is 12.5 Å². The molecule has 0 aliphatic carbocycles. The van der Waals surface area contributed by atoms with Crippen LogP contribution in [0.5, 0.6) is 0 Å². The fraction of sp³-hybridized carbons (Fsp3) is 0.346. The van der Waals surface area contributed by atoms with Gasteiger partial charge in [-0.2, -0.15) is 9.61 Å². The Morgan fingerprint density at radius 3 is 2.50 bits per heavy atom. The van der Waals surface area contributed by atoms with Crippen molar-refractivity contribution >= 4 is 17.3 Å². The molecule has 2 saturated heterocycles. The molecule has 2 aliphatic rings. The van der Waals surface area contributed by atoms with E-state index in [1.165, 1.54) is 5.56 Å². The van der Waals surface area contributed by atoms with E-state index in [1.54, 1.807) is 12.4 Å². The number of rotatable bonds is 5. The van der Waals surface area contributed by atoms with Gasteiger partial charge in [0, 0.05) is 49.7 Å². The minimum absolute atomic E-state index is 0.228. The smallest absolute Gasteiger partial charge is 0.160 e. The van der Waals surface area contributed by atoms with Crippen LogP contribution in [0.4, 0.5) is 11.6 Å². The Balaban J connectivity index is 1.42. The molecule has 0 amide bonds. The minimum Gasteiger partial charge on any atom is -0.378 e. The molecule has 1 aromatic carbocycles. The van der Waals surface area contributed by atoms with Crippen LogP contribution in [0.25, 0.3) is 16.9 Å². The van der Waals surface area contributed by atoms with E-state index in [1.807, 2.05) is 16.6 Å². The third kappa shape index (κ3) is 4.22. The fourth-order valence-electron chi connectivity index (χ4n) is 4.79. The van der Waals surface area contributed by atoms with Crippen LogP contribution in [0.15, 0.2) is 67.0 Å². The summed E-state index contributed by atoms with van der Waals surface area (Å²) in [4.78, 5) is 14.0. The van der Waals surface area contributed by atoms with Crippen LogP contribution in [0.3, 0.4) is 0 Å². The number of pyridine rings is 1. The summed E-state index contributed by atoms with van der Waals surface area (Å²) in [5.74, 6) is 2.02. The van der Waals surface area contributed by atoms with E-state index in [9.17, 15) is 0 Å². The number of fused-ring (bicyclic) bond motifs is 1. The van der Waals surface area contributed by atoms with Gasteiger partial charge >= 0.3 is 0 Å². The second kappa shape index (κ2) is 9.40. The molecule has 2 aliphatic heterocycles. The predicted octanol–water partition coefficient (Wildman–Crippen LogP) is 3.08. The SMILES string of the molecule is c1ccc(CC2COCCN2c2cc(N3CCOCC3)n3nc(-c4ccncc4)cc3n2)cc1. The topological polar surface area (TPSA) is 68.0 Å². The Morgan fingerprint density at radius 2 is 1.68 bits per heavy atom. The molecule has 0 spiro atoms. The average Bonchev–Trinajstić information content (AvgIpc) is 3.34. The second-order valence-corrected chi connectivity index (χ2v) is 8.72. The Bertz CT molecular complexity index is 1240. The third-order valence-electron chi connectivity index (χ3n) is 6.54. The number of ether oxygens (including phenoxy) is 2. The second-order valence-electron chi connectivity index (χ2n) is 8.72. The Kier molecular flexibility index (Phi) is 5.83. The van der Waals surface area contributed by atoms with Gasteiger partial charge in [-0.25, -0.2) is 4.98 Å². The Morgan fingerprint density at radius 1 is 0.882 bits per heavy atom. The van der Waals surface area contributed by atoms with Gasteiger partial charge in [0.25, 0.3) is 0 Å². The first kappa shape index (κ1) is 21.1. The monoisotopic (exact) mass is 456 g/mol. The molecule has 0 N–H and O–H groups in total. The van der Waals surface area contributed by atoms with Crippen LogP contribution in [0.2, 0.25) is 0 Å². The fourth-order valence-corrected chi connectivity index (χ4v) is 4.79. The molecule has 0 saturated carbocycles. The number of benzene rings is 1. The molecule has 8 heteroatoms. The first-order valence-electron chi connectivity index (χ1n) is 11.9. The van der Waals surface area contributed by atoms with Crippen LogP contribution in [-0.2, 0) is 15.9 Å². The first-order valence-corrected chi connectivity index (χ1v) is 11.9. The summed E-state index contributed by atoms with van der Waals surface area (Å²) in [6.07, 6.45) is 4.51. The quantitative estimate of drug-likeness (QED) is 0.457. The highest BCUT2D eigenvalue weighted by molar-refractivity contribution is 5.68. The van der Waals surface area contributed by atoms with Gasteiger partial charge in [0.2, 0.25) is 0 Å². The zero-order valence-electron chi connectivity index (χ0n) is 19.1. The van der Waals surface area contributed by atoms with Crippen LogP contribution in [0.1, 0.15) is 5.56 Å². The zero-order chi connectivity index (χ0) is 22.7. The average molecular weight is 457 g/mol. The maximum Gasteiger partial charge on any atom is 0.160 e. The molecule has 1 atom stereocenters. The molecule has 1 unspecified atom stereocenters. The van der Waals surface area contributed by atoms with Gasteiger partial charge in [-0.15, -0.1) is 0 Å². The van der Waals surface area contributed by atoms with E-state index in [0.29, 0.717) is 26.4 Å². The van der Waals surface area contributed by atoms with Crippen molar-refractivity contribution in [1.82, 2.24) is 19.6 Å². The number of anilines is 2.